The van der Waals surface area contributed by atoms with Gasteiger partial charge >= 0.3 is 0 Å². The Labute approximate surface area is 173 Å². The van der Waals surface area contributed by atoms with Gasteiger partial charge in [0.1, 0.15) is 6.07 Å². The summed E-state index contributed by atoms with van der Waals surface area (Å²) in [5, 5.41) is 10.2. The third kappa shape index (κ3) is 3.01. The number of nitrogens with zero attached hydrogens (tertiary/aromatic N) is 2. The molecule has 0 saturated carbocycles. The molecule has 0 N–H and O–H groups in total. The maximum Gasteiger partial charge on any atom is 0.232 e. The lowest BCUT2D eigenvalue weighted by Crippen LogP contribution is -2.41. The zero-order valence-corrected chi connectivity index (χ0v) is 16.4. The van der Waals surface area contributed by atoms with Crippen molar-refractivity contribution in [3.63, 3.8) is 0 Å². The first-order valence-electron chi connectivity index (χ1n) is 9.05. The Kier molecular flexibility index (Phi) is 4.97. The Balaban J connectivity index is 1.93. The molecule has 0 aromatic heterocycles. The van der Waals surface area contributed by atoms with Crippen molar-refractivity contribution in [2.24, 2.45) is 0 Å². The molecule has 0 spiro atoms. The van der Waals surface area contributed by atoms with Crippen LogP contribution in [0.2, 0.25) is 10.0 Å². The van der Waals surface area contributed by atoms with E-state index < -0.39 is 5.92 Å². The highest BCUT2D eigenvalue weighted by Gasteiger charge is 2.41. The third-order valence-corrected chi connectivity index (χ3v) is 6.13. The van der Waals surface area contributed by atoms with Gasteiger partial charge in [0, 0.05) is 30.0 Å². The van der Waals surface area contributed by atoms with Gasteiger partial charge in [-0.1, -0.05) is 47.5 Å². The predicted molar refractivity (Wildman–Crippen MR) is 108 cm³/mol. The summed E-state index contributed by atoms with van der Waals surface area (Å²) < 4.78 is 0. The summed E-state index contributed by atoms with van der Waals surface area (Å²) in [6.07, 6.45) is 1.81. The number of ketones is 1. The molecule has 4 nitrogen and oxygen atoms in total. The van der Waals surface area contributed by atoms with Crippen LogP contribution in [0.4, 0.5) is 5.69 Å². The number of benzene rings is 2. The Bertz CT molecular complexity index is 1070. The van der Waals surface area contributed by atoms with Crippen molar-refractivity contribution in [2.75, 3.05) is 4.90 Å². The number of allylic oxidation sites excluding steroid dienone is 2. The second-order valence-electron chi connectivity index (χ2n) is 6.89. The lowest BCUT2D eigenvalue weighted by Gasteiger charge is -2.38. The van der Waals surface area contributed by atoms with Gasteiger partial charge in [0.05, 0.1) is 21.3 Å². The maximum absolute atomic E-state index is 13.2. The molecule has 1 unspecified atom stereocenters. The molecule has 1 aliphatic heterocycles. The van der Waals surface area contributed by atoms with Crippen molar-refractivity contribution in [1.82, 2.24) is 0 Å². The topological polar surface area (TPSA) is 61.2 Å². The van der Waals surface area contributed by atoms with Gasteiger partial charge in [0.2, 0.25) is 5.91 Å². The molecule has 0 saturated heterocycles. The van der Waals surface area contributed by atoms with Crippen LogP contribution in [0.3, 0.4) is 0 Å². The molecule has 140 valence electrons. The van der Waals surface area contributed by atoms with Crippen molar-refractivity contribution in [1.29, 1.82) is 5.26 Å². The fraction of sp³-hybridized carbons (Fsp3) is 0.227. The second-order valence-corrected chi connectivity index (χ2v) is 7.68. The van der Waals surface area contributed by atoms with E-state index in [0.717, 1.165) is 0 Å². The summed E-state index contributed by atoms with van der Waals surface area (Å²) in [7, 11) is 0. The van der Waals surface area contributed by atoms with Crippen molar-refractivity contribution >= 4 is 40.6 Å². The first-order chi connectivity index (χ1) is 13.5. The van der Waals surface area contributed by atoms with E-state index >= 15 is 0 Å². The van der Waals surface area contributed by atoms with Gasteiger partial charge in [-0.05, 0) is 36.6 Å². The molecule has 6 heteroatoms. The molecule has 0 radical (unpaired) electrons. The molecule has 1 heterocycles. The number of hydrogen-bond donors (Lipinski definition) is 0. The zero-order chi connectivity index (χ0) is 19.8. The second kappa shape index (κ2) is 7.43. The van der Waals surface area contributed by atoms with Crippen LogP contribution in [0.15, 0.2) is 53.7 Å². The minimum atomic E-state index is -0.424. The van der Waals surface area contributed by atoms with E-state index in [2.05, 4.69) is 6.07 Å². The van der Waals surface area contributed by atoms with Crippen LogP contribution in [-0.2, 0) is 9.59 Å². The fourth-order valence-electron chi connectivity index (χ4n) is 4.09. The monoisotopic (exact) mass is 410 g/mol. The van der Waals surface area contributed by atoms with Gasteiger partial charge in [0.15, 0.2) is 5.78 Å². The van der Waals surface area contributed by atoms with Gasteiger partial charge in [-0.25, -0.2) is 0 Å². The van der Waals surface area contributed by atoms with E-state index in [9.17, 15) is 14.9 Å². The molecule has 28 heavy (non-hydrogen) atoms. The lowest BCUT2D eigenvalue weighted by molar-refractivity contribution is -0.119. The quantitative estimate of drug-likeness (QED) is 0.666. The molecule has 1 aliphatic carbocycles. The molecule has 1 amide bonds. The first-order valence-corrected chi connectivity index (χ1v) is 9.80. The Morgan fingerprint density at radius 1 is 1.04 bits per heavy atom. The molecule has 2 aromatic rings. The van der Waals surface area contributed by atoms with Gasteiger partial charge in [-0.3, -0.25) is 14.5 Å². The third-order valence-electron chi connectivity index (χ3n) is 5.30. The standard InChI is InChI=1S/C22H16Cl2N2O2/c23-16-7-3-6-14(22(16)24)15-11-20(28)26(17-8-2-1-5-13(17)12-25)18-9-4-10-19(27)21(15)18/h1-3,5-8,15H,4,9-11H2. The summed E-state index contributed by atoms with van der Waals surface area (Å²) in [5.74, 6) is -0.557. The molecular formula is C22H16Cl2N2O2. The largest absolute Gasteiger partial charge is 0.294 e. The average molecular weight is 411 g/mol. The Hall–Kier alpha value is -2.61. The number of para-hydroxylation sites is 1. The summed E-state index contributed by atoms with van der Waals surface area (Å²) in [6.45, 7) is 0. The number of amides is 1. The average Bonchev–Trinajstić information content (AvgIpc) is 2.70. The summed E-state index contributed by atoms with van der Waals surface area (Å²) in [6, 6.07) is 14.4. The van der Waals surface area contributed by atoms with Crippen molar-refractivity contribution < 1.29 is 9.59 Å². The number of anilines is 1. The molecule has 4 rings (SSSR count). The van der Waals surface area contributed by atoms with E-state index in [1.807, 2.05) is 6.07 Å². The van der Waals surface area contributed by atoms with Crippen molar-refractivity contribution in [3.8, 4) is 6.07 Å². The molecule has 2 aromatic carbocycles. The molecule has 2 aliphatic rings. The fourth-order valence-corrected chi connectivity index (χ4v) is 4.53. The van der Waals surface area contributed by atoms with Crippen LogP contribution >= 0.6 is 23.2 Å². The number of rotatable bonds is 2. The highest BCUT2D eigenvalue weighted by Crippen LogP contribution is 2.46. The van der Waals surface area contributed by atoms with Gasteiger partial charge in [-0.2, -0.15) is 5.26 Å². The zero-order valence-electron chi connectivity index (χ0n) is 14.9. The number of carbonyl (C=O) groups is 2. The number of halogens is 2. The van der Waals surface area contributed by atoms with Gasteiger partial charge in [-0.15, -0.1) is 0 Å². The highest BCUT2D eigenvalue weighted by molar-refractivity contribution is 6.42. The van der Waals surface area contributed by atoms with Gasteiger partial charge < -0.3 is 0 Å². The Morgan fingerprint density at radius 2 is 1.82 bits per heavy atom. The number of nitriles is 1. The molecule has 0 fully saturated rings. The van der Waals surface area contributed by atoms with Crippen LogP contribution in [0.25, 0.3) is 0 Å². The smallest absolute Gasteiger partial charge is 0.232 e. The van der Waals surface area contributed by atoms with E-state index in [-0.39, 0.29) is 18.1 Å². The first kappa shape index (κ1) is 18.7. The maximum atomic E-state index is 13.2. The van der Waals surface area contributed by atoms with Crippen LogP contribution in [0, 0.1) is 11.3 Å². The minimum Gasteiger partial charge on any atom is -0.294 e. The van der Waals surface area contributed by atoms with Crippen LogP contribution in [-0.4, -0.2) is 11.7 Å². The number of Topliss-reactive ketones (excluding diaryl/α,β-unsaturated/α-hetero) is 1. The summed E-state index contributed by atoms with van der Waals surface area (Å²) in [5.41, 5.74) is 2.91. The molecular weight excluding hydrogens is 395 g/mol. The van der Waals surface area contributed by atoms with E-state index in [1.165, 1.54) is 0 Å². The SMILES string of the molecule is N#Cc1ccccc1N1C(=O)CC(c2cccc(Cl)c2Cl)C2=C1CCCC2=O. The highest BCUT2D eigenvalue weighted by atomic mass is 35.5. The van der Waals surface area contributed by atoms with Crippen LogP contribution < -0.4 is 4.90 Å². The minimum absolute atomic E-state index is 0.0224. The number of hydrogen-bond acceptors (Lipinski definition) is 3. The van der Waals surface area contributed by atoms with E-state index in [4.69, 9.17) is 23.2 Å². The van der Waals surface area contributed by atoms with Crippen molar-refractivity contribution in [2.45, 2.75) is 31.6 Å². The van der Waals surface area contributed by atoms with Gasteiger partial charge in [0.25, 0.3) is 0 Å². The number of carbonyl (C=O) groups excluding carboxylic acids is 2. The van der Waals surface area contributed by atoms with Crippen LogP contribution in [0.1, 0.15) is 42.7 Å². The lowest BCUT2D eigenvalue weighted by atomic mass is 9.77. The van der Waals surface area contributed by atoms with E-state index in [0.29, 0.717) is 57.4 Å². The van der Waals surface area contributed by atoms with Crippen LogP contribution in [0.5, 0.6) is 0 Å². The summed E-state index contributed by atoms with van der Waals surface area (Å²) >= 11 is 12.6. The molecule has 0 bridgehead atoms. The molecule has 1 atom stereocenters. The van der Waals surface area contributed by atoms with Crippen molar-refractivity contribution in [3.05, 3.63) is 74.9 Å². The van der Waals surface area contributed by atoms with E-state index in [1.54, 1.807) is 41.3 Å². The Morgan fingerprint density at radius 3 is 2.61 bits per heavy atom. The normalized spacial score (nSPS) is 19.5. The summed E-state index contributed by atoms with van der Waals surface area (Å²) in [4.78, 5) is 27.7. The predicted octanol–water partition coefficient (Wildman–Crippen LogP) is 5.39.